The molecule has 0 spiro atoms. The fourth-order valence-electron chi connectivity index (χ4n) is 4.37. The van der Waals surface area contributed by atoms with Gasteiger partial charge in [-0.25, -0.2) is 0 Å². The van der Waals surface area contributed by atoms with Gasteiger partial charge in [0.2, 0.25) is 0 Å². The minimum Gasteiger partial charge on any atom is -0.496 e. The number of fused-ring (bicyclic) bond motifs is 1. The number of ether oxygens (including phenoxy) is 1. The number of hydrogen-bond donors (Lipinski definition) is 1. The number of aryl methyl sites for hydroxylation is 2. The lowest BCUT2D eigenvalue weighted by Crippen LogP contribution is -2.37. The van der Waals surface area contributed by atoms with E-state index in [9.17, 15) is 9.59 Å². The molecule has 5 heteroatoms. The summed E-state index contributed by atoms with van der Waals surface area (Å²) in [5.41, 5.74) is 4.89. The molecule has 3 aromatic carbocycles. The van der Waals surface area contributed by atoms with Crippen molar-refractivity contribution >= 4 is 17.5 Å². The summed E-state index contributed by atoms with van der Waals surface area (Å²) in [6, 6.07) is 19.7. The van der Waals surface area contributed by atoms with Crippen LogP contribution in [0.1, 0.15) is 51.6 Å². The van der Waals surface area contributed by atoms with Crippen molar-refractivity contribution in [1.82, 2.24) is 4.90 Å². The van der Waals surface area contributed by atoms with Crippen LogP contribution in [0.2, 0.25) is 0 Å². The lowest BCUT2D eigenvalue weighted by atomic mass is 10.0. The Hall–Kier alpha value is -3.60. The van der Waals surface area contributed by atoms with E-state index in [4.69, 9.17) is 4.74 Å². The van der Waals surface area contributed by atoms with Crippen LogP contribution >= 0.6 is 0 Å². The lowest BCUT2D eigenvalue weighted by molar-refractivity contribution is -0.121. The smallest absolute Gasteiger partial charge is 0.255 e. The van der Waals surface area contributed by atoms with E-state index in [0.717, 1.165) is 27.9 Å². The van der Waals surface area contributed by atoms with Gasteiger partial charge in [0.25, 0.3) is 11.8 Å². The Morgan fingerprint density at radius 1 is 0.968 bits per heavy atom. The second kappa shape index (κ2) is 8.26. The van der Waals surface area contributed by atoms with Crippen molar-refractivity contribution in [3.05, 3.63) is 94.5 Å². The Balaban J connectivity index is 1.77. The van der Waals surface area contributed by atoms with Crippen LogP contribution in [0.25, 0.3) is 0 Å². The Labute approximate surface area is 182 Å². The van der Waals surface area contributed by atoms with Crippen LogP contribution in [-0.2, 0) is 4.79 Å². The van der Waals surface area contributed by atoms with Crippen molar-refractivity contribution in [3.8, 4) is 5.75 Å². The first kappa shape index (κ1) is 20.7. The van der Waals surface area contributed by atoms with Gasteiger partial charge in [0.15, 0.2) is 0 Å². The third kappa shape index (κ3) is 3.56. The average molecular weight is 415 g/mol. The summed E-state index contributed by atoms with van der Waals surface area (Å²) in [6.45, 7) is 5.86. The molecule has 1 aliphatic heterocycles. The summed E-state index contributed by atoms with van der Waals surface area (Å²) in [4.78, 5) is 28.7. The van der Waals surface area contributed by atoms with Gasteiger partial charge in [0.05, 0.1) is 13.2 Å². The maximum absolute atomic E-state index is 13.6. The normalized spacial score (nSPS) is 16.1. The molecule has 31 heavy (non-hydrogen) atoms. The number of carbonyl (C=O) groups excluding carboxylic acids is 2. The molecular weight excluding hydrogens is 388 g/mol. The monoisotopic (exact) mass is 414 g/mol. The van der Waals surface area contributed by atoms with E-state index < -0.39 is 6.04 Å². The first-order valence-electron chi connectivity index (χ1n) is 10.4. The van der Waals surface area contributed by atoms with Crippen molar-refractivity contribution in [3.63, 3.8) is 0 Å². The van der Waals surface area contributed by atoms with Crippen molar-refractivity contribution < 1.29 is 14.3 Å². The molecule has 2 atom stereocenters. The summed E-state index contributed by atoms with van der Waals surface area (Å²) in [5, 5.41) is 3.08. The molecule has 5 nitrogen and oxygen atoms in total. The number of rotatable bonds is 5. The van der Waals surface area contributed by atoms with Crippen molar-refractivity contribution in [1.29, 1.82) is 0 Å². The molecule has 0 bridgehead atoms. The predicted octanol–water partition coefficient (Wildman–Crippen LogP) is 5.21. The zero-order valence-corrected chi connectivity index (χ0v) is 18.2. The van der Waals surface area contributed by atoms with Gasteiger partial charge in [0.1, 0.15) is 11.8 Å². The molecule has 2 unspecified atom stereocenters. The number of methoxy groups -OCH3 is 1. The number of para-hydroxylation sites is 2. The first-order valence-corrected chi connectivity index (χ1v) is 10.4. The number of hydrogen-bond acceptors (Lipinski definition) is 3. The summed E-state index contributed by atoms with van der Waals surface area (Å²) < 4.78 is 5.52. The Kier molecular flexibility index (Phi) is 5.51. The molecule has 0 radical (unpaired) electrons. The molecule has 158 valence electrons. The average Bonchev–Trinajstić information content (AvgIpc) is 3.08. The molecule has 1 N–H and O–H groups in total. The Morgan fingerprint density at radius 3 is 2.32 bits per heavy atom. The fourth-order valence-corrected chi connectivity index (χ4v) is 4.37. The number of amides is 2. The highest BCUT2D eigenvalue weighted by Gasteiger charge is 2.44. The van der Waals surface area contributed by atoms with E-state index in [1.54, 1.807) is 18.1 Å². The zero-order valence-electron chi connectivity index (χ0n) is 18.2. The van der Waals surface area contributed by atoms with Crippen LogP contribution in [0.3, 0.4) is 0 Å². The number of benzene rings is 3. The summed E-state index contributed by atoms with van der Waals surface area (Å²) in [6.07, 6.45) is 0. The Bertz CT molecular complexity index is 1130. The van der Waals surface area contributed by atoms with Crippen LogP contribution in [-0.4, -0.2) is 23.8 Å². The van der Waals surface area contributed by atoms with Crippen LogP contribution < -0.4 is 10.1 Å². The lowest BCUT2D eigenvalue weighted by Gasteiger charge is -2.32. The number of nitrogens with one attached hydrogen (secondary N) is 1. The van der Waals surface area contributed by atoms with Crippen molar-refractivity contribution in [2.24, 2.45) is 0 Å². The van der Waals surface area contributed by atoms with Crippen LogP contribution in [0.5, 0.6) is 5.75 Å². The van der Waals surface area contributed by atoms with E-state index in [-0.39, 0.29) is 17.9 Å². The number of carbonyl (C=O) groups is 2. The molecule has 1 aliphatic rings. The standard InChI is InChI=1S/C26H26N2O3/c1-16-10-9-11-17(2)23(16)27-25(29)24-20-13-5-6-14-21(20)26(30)28(24)18(3)19-12-7-8-15-22(19)31-4/h5-15,18,24H,1-4H3,(H,27,29). The van der Waals surface area contributed by atoms with Crippen LogP contribution in [0.4, 0.5) is 5.69 Å². The highest BCUT2D eigenvalue weighted by molar-refractivity contribution is 6.08. The van der Waals surface area contributed by atoms with Gasteiger partial charge in [-0.1, -0.05) is 54.6 Å². The van der Waals surface area contributed by atoms with Gasteiger partial charge < -0.3 is 15.0 Å². The highest BCUT2D eigenvalue weighted by Crippen LogP contribution is 2.42. The third-order valence-corrected chi connectivity index (χ3v) is 5.98. The molecule has 0 saturated heterocycles. The van der Waals surface area contributed by atoms with E-state index in [2.05, 4.69) is 5.32 Å². The number of anilines is 1. The summed E-state index contributed by atoms with van der Waals surface area (Å²) in [5.74, 6) is 0.306. The minimum atomic E-state index is -0.734. The minimum absolute atomic E-state index is 0.157. The van der Waals surface area contributed by atoms with Gasteiger partial charge >= 0.3 is 0 Å². The van der Waals surface area contributed by atoms with Crippen LogP contribution in [0, 0.1) is 13.8 Å². The molecule has 1 heterocycles. The maximum atomic E-state index is 13.6. The first-order chi connectivity index (χ1) is 14.9. The van der Waals surface area contributed by atoms with Gasteiger partial charge in [-0.05, 0) is 49.6 Å². The zero-order chi connectivity index (χ0) is 22.1. The number of nitrogens with zero attached hydrogens (tertiary/aromatic N) is 1. The molecule has 3 aromatic rings. The molecule has 0 aliphatic carbocycles. The van der Waals surface area contributed by atoms with Crippen LogP contribution in [0.15, 0.2) is 66.7 Å². The third-order valence-electron chi connectivity index (χ3n) is 5.98. The topological polar surface area (TPSA) is 58.6 Å². The molecule has 4 rings (SSSR count). The largest absolute Gasteiger partial charge is 0.496 e. The van der Waals surface area contributed by atoms with Gasteiger partial charge in [-0.2, -0.15) is 0 Å². The Morgan fingerprint density at radius 2 is 1.61 bits per heavy atom. The SMILES string of the molecule is COc1ccccc1C(C)N1C(=O)c2ccccc2C1C(=O)Nc1c(C)cccc1C. The molecule has 0 saturated carbocycles. The van der Waals surface area contributed by atoms with Gasteiger partial charge in [0, 0.05) is 16.8 Å². The van der Waals surface area contributed by atoms with E-state index in [1.165, 1.54) is 0 Å². The summed E-state index contributed by atoms with van der Waals surface area (Å²) in [7, 11) is 1.61. The predicted molar refractivity (Wildman–Crippen MR) is 121 cm³/mol. The van der Waals surface area contributed by atoms with E-state index >= 15 is 0 Å². The molecular formula is C26H26N2O3. The highest BCUT2D eigenvalue weighted by atomic mass is 16.5. The maximum Gasteiger partial charge on any atom is 0.255 e. The van der Waals surface area contributed by atoms with Crippen molar-refractivity contribution in [2.75, 3.05) is 12.4 Å². The molecule has 2 amide bonds. The fraction of sp³-hybridized carbons (Fsp3) is 0.231. The quantitative estimate of drug-likeness (QED) is 0.624. The van der Waals surface area contributed by atoms with E-state index in [0.29, 0.717) is 11.3 Å². The molecule has 0 fully saturated rings. The summed E-state index contributed by atoms with van der Waals surface area (Å²) >= 11 is 0. The second-order valence-corrected chi connectivity index (χ2v) is 7.88. The molecule has 0 aromatic heterocycles. The van der Waals surface area contributed by atoms with Crippen molar-refractivity contribution in [2.45, 2.75) is 32.9 Å². The van der Waals surface area contributed by atoms with E-state index in [1.807, 2.05) is 81.4 Å². The van der Waals surface area contributed by atoms with Gasteiger partial charge in [-0.3, -0.25) is 9.59 Å². The second-order valence-electron chi connectivity index (χ2n) is 7.88. The van der Waals surface area contributed by atoms with Gasteiger partial charge in [-0.15, -0.1) is 0 Å².